The smallest absolute Gasteiger partial charge is 0.0339 e. The lowest BCUT2D eigenvalue weighted by Crippen LogP contribution is -2.53. The molecule has 1 unspecified atom stereocenters. The summed E-state index contributed by atoms with van der Waals surface area (Å²) in [7, 11) is 0. The van der Waals surface area contributed by atoms with E-state index in [2.05, 4.69) is 41.5 Å². The lowest BCUT2D eigenvalue weighted by molar-refractivity contribution is -0.114. The number of hydrogen-bond acceptors (Lipinski definition) is 0. The summed E-state index contributed by atoms with van der Waals surface area (Å²) >= 11 is 6.62. The molecule has 0 radical (unpaired) electrons. The molecule has 0 bridgehead atoms. The van der Waals surface area contributed by atoms with Gasteiger partial charge >= 0.3 is 0 Å². The van der Waals surface area contributed by atoms with Gasteiger partial charge in [-0.05, 0) is 122 Å². The SMILES string of the molecule is CC[C@H](CC[C@@H](C)[C@H]1CC[C@H]2[C@@H]3CCC4C[C@@H](Cl)CC[C@]4(C)[C@H]3CC[C@]12C)C(C)C. The summed E-state index contributed by atoms with van der Waals surface area (Å²) in [5.74, 6) is 7.63. The van der Waals surface area contributed by atoms with Gasteiger partial charge in [-0.25, -0.2) is 0 Å². The zero-order valence-electron chi connectivity index (χ0n) is 21.1. The second kappa shape index (κ2) is 8.91. The van der Waals surface area contributed by atoms with Crippen molar-refractivity contribution in [3.8, 4) is 0 Å². The average molecular weight is 435 g/mol. The molecule has 0 nitrogen and oxygen atoms in total. The first-order valence-electron chi connectivity index (χ1n) is 13.8. The fourth-order valence-corrected chi connectivity index (χ4v) is 10.2. The van der Waals surface area contributed by atoms with E-state index in [1.165, 1.54) is 77.0 Å². The normalized spacial score (nSPS) is 48.0. The van der Waals surface area contributed by atoms with Crippen LogP contribution in [0.25, 0.3) is 0 Å². The van der Waals surface area contributed by atoms with Gasteiger partial charge in [-0.3, -0.25) is 0 Å². The van der Waals surface area contributed by atoms with Crippen molar-refractivity contribution in [2.75, 3.05) is 0 Å². The largest absolute Gasteiger partial charge is 0.123 e. The molecule has 0 aliphatic heterocycles. The van der Waals surface area contributed by atoms with Crippen LogP contribution in [0.2, 0.25) is 0 Å². The van der Waals surface area contributed by atoms with Crippen LogP contribution in [0.5, 0.6) is 0 Å². The molecule has 0 aromatic heterocycles. The molecule has 174 valence electrons. The van der Waals surface area contributed by atoms with E-state index in [4.69, 9.17) is 11.6 Å². The van der Waals surface area contributed by atoms with Crippen molar-refractivity contribution in [1.29, 1.82) is 0 Å². The van der Waals surface area contributed by atoms with E-state index in [1.807, 2.05) is 0 Å². The second-order valence-corrected chi connectivity index (χ2v) is 13.8. The first-order chi connectivity index (χ1) is 14.2. The van der Waals surface area contributed by atoms with E-state index >= 15 is 0 Å². The minimum absolute atomic E-state index is 0.461. The zero-order valence-corrected chi connectivity index (χ0v) is 21.8. The maximum absolute atomic E-state index is 6.62. The molecule has 4 fully saturated rings. The van der Waals surface area contributed by atoms with Crippen molar-refractivity contribution in [3.05, 3.63) is 0 Å². The molecule has 0 spiro atoms. The van der Waals surface area contributed by atoms with Crippen LogP contribution in [-0.4, -0.2) is 5.38 Å². The molecule has 4 saturated carbocycles. The number of halogens is 1. The number of hydrogen-bond donors (Lipinski definition) is 0. The predicted octanol–water partition coefficient (Wildman–Crippen LogP) is 9.35. The summed E-state index contributed by atoms with van der Waals surface area (Å²) < 4.78 is 0. The minimum Gasteiger partial charge on any atom is -0.123 e. The van der Waals surface area contributed by atoms with Crippen LogP contribution in [-0.2, 0) is 0 Å². The van der Waals surface area contributed by atoms with Crippen LogP contribution >= 0.6 is 11.6 Å². The third kappa shape index (κ3) is 3.92. The van der Waals surface area contributed by atoms with Crippen molar-refractivity contribution in [2.24, 2.45) is 58.2 Å². The molecule has 0 aromatic rings. The quantitative estimate of drug-likeness (QED) is 0.365. The summed E-state index contributed by atoms with van der Waals surface area (Å²) in [6.07, 6.45) is 17.3. The lowest BCUT2D eigenvalue weighted by Gasteiger charge is -2.61. The highest BCUT2D eigenvalue weighted by atomic mass is 35.5. The van der Waals surface area contributed by atoms with E-state index in [0.29, 0.717) is 16.2 Å². The highest BCUT2D eigenvalue weighted by molar-refractivity contribution is 6.20. The Bertz CT molecular complexity index is 583. The Morgan fingerprint density at radius 3 is 2.23 bits per heavy atom. The third-order valence-electron chi connectivity index (χ3n) is 11.8. The molecule has 4 rings (SSSR count). The zero-order chi connectivity index (χ0) is 21.7. The molecular weight excluding hydrogens is 384 g/mol. The standard InChI is InChI=1S/C29H51Cl/c1-7-21(19(2)3)9-8-20(4)25-12-13-26-24-11-10-22-18-23(30)14-16-28(22,5)27(24)15-17-29(25,26)6/h19-27H,7-18H2,1-6H3/t20-,21-,22?,23+,24+,25-,26+,27+,28+,29-/m1/s1. The summed E-state index contributed by atoms with van der Waals surface area (Å²) in [5.41, 5.74) is 1.23. The minimum atomic E-state index is 0.461. The first kappa shape index (κ1) is 23.4. The van der Waals surface area contributed by atoms with Gasteiger partial charge in [-0.15, -0.1) is 11.6 Å². The first-order valence-corrected chi connectivity index (χ1v) is 14.3. The van der Waals surface area contributed by atoms with Crippen LogP contribution in [0.3, 0.4) is 0 Å². The monoisotopic (exact) mass is 434 g/mol. The van der Waals surface area contributed by atoms with Gasteiger partial charge in [-0.2, -0.15) is 0 Å². The van der Waals surface area contributed by atoms with Crippen molar-refractivity contribution >= 4 is 11.6 Å². The molecule has 4 aliphatic rings. The number of rotatable bonds is 6. The summed E-state index contributed by atoms with van der Waals surface area (Å²) in [6, 6.07) is 0. The molecule has 0 heterocycles. The topological polar surface area (TPSA) is 0 Å². The van der Waals surface area contributed by atoms with E-state index in [1.54, 1.807) is 0 Å². The van der Waals surface area contributed by atoms with Gasteiger partial charge in [0, 0.05) is 5.38 Å². The maximum atomic E-state index is 6.62. The van der Waals surface area contributed by atoms with Gasteiger partial charge in [0.15, 0.2) is 0 Å². The van der Waals surface area contributed by atoms with Crippen molar-refractivity contribution in [2.45, 2.75) is 124 Å². The number of fused-ring (bicyclic) bond motifs is 5. The molecule has 4 aliphatic carbocycles. The summed E-state index contributed by atoms with van der Waals surface area (Å²) in [4.78, 5) is 0. The fraction of sp³-hybridized carbons (Fsp3) is 1.00. The van der Waals surface area contributed by atoms with E-state index in [-0.39, 0.29) is 0 Å². The molecular formula is C29H51Cl. The van der Waals surface area contributed by atoms with Gasteiger partial charge in [0.1, 0.15) is 0 Å². The summed E-state index contributed by atoms with van der Waals surface area (Å²) in [6.45, 7) is 15.3. The molecule has 0 saturated heterocycles. The molecule has 10 atom stereocenters. The van der Waals surface area contributed by atoms with Crippen LogP contribution < -0.4 is 0 Å². The maximum Gasteiger partial charge on any atom is 0.0339 e. The van der Waals surface area contributed by atoms with E-state index in [9.17, 15) is 0 Å². The predicted molar refractivity (Wildman–Crippen MR) is 132 cm³/mol. The van der Waals surface area contributed by atoms with Crippen molar-refractivity contribution in [1.82, 2.24) is 0 Å². The van der Waals surface area contributed by atoms with Gasteiger partial charge < -0.3 is 0 Å². The molecule has 0 amide bonds. The highest BCUT2D eigenvalue weighted by Crippen LogP contribution is 2.68. The molecule has 0 aromatic carbocycles. The Kier molecular flexibility index (Phi) is 6.96. The molecule has 1 heteroatoms. The fourth-order valence-electron chi connectivity index (χ4n) is 9.87. The van der Waals surface area contributed by atoms with E-state index < -0.39 is 0 Å². The highest BCUT2D eigenvalue weighted by Gasteiger charge is 2.60. The van der Waals surface area contributed by atoms with Crippen LogP contribution in [0.4, 0.5) is 0 Å². The van der Waals surface area contributed by atoms with Gasteiger partial charge in [0.2, 0.25) is 0 Å². The Morgan fingerprint density at radius 1 is 0.833 bits per heavy atom. The lowest BCUT2D eigenvalue weighted by atomic mass is 9.44. The van der Waals surface area contributed by atoms with E-state index in [0.717, 1.165) is 47.3 Å². The van der Waals surface area contributed by atoms with Gasteiger partial charge in [0.05, 0.1) is 0 Å². The van der Waals surface area contributed by atoms with Crippen LogP contribution in [0.15, 0.2) is 0 Å². The van der Waals surface area contributed by atoms with Crippen molar-refractivity contribution in [3.63, 3.8) is 0 Å². The van der Waals surface area contributed by atoms with Crippen LogP contribution in [0.1, 0.15) is 119 Å². The number of alkyl halides is 1. The average Bonchev–Trinajstić information content (AvgIpc) is 3.06. The Balaban J connectivity index is 1.45. The summed E-state index contributed by atoms with van der Waals surface area (Å²) in [5, 5.41) is 0.461. The third-order valence-corrected chi connectivity index (χ3v) is 12.2. The second-order valence-electron chi connectivity index (χ2n) is 13.2. The molecule has 0 N–H and O–H groups in total. The Hall–Kier alpha value is 0.290. The van der Waals surface area contributed by atoms with Crippen molar-refractivity contribution < 1.29 is 0 Å². The van der Waals surface area contributed by atoms with Crippen LogP contribution in [0, 0.1) is 58.2 Å². The Morgan fingerprint density at radius 2 is 1.53 bits per heavy atom. The Labute approximate surface area is 193 Å². The van der Waals surface area contributed by atoms with Gasteiger partial charge in [-0.1, -0.05) is 54.4 Å². The van der Waals surface area contributed by atoms with Gasteiger partial charge in [0.25, 0.3) is 0 Å². The molecule has 30 heavy (non-hydrogen) atoms.